The van der Waals surface area contributed by atoms with Gasteiger partial charge in [-0.2, -0.15) is 4.98 Å². The standard InChI is InChI=1S/C21H27N5O5/c1-29-16-6-3-2-5-15(16)22-19(27)13-18-23-20(31-24-18)14-25-8-10-26(11-9-25)21(28)17-7-4-12-30-17/h2-3,5-6,17H,4,7-14H2,1H3,(H,22,27). The van der Waals surface area contributed by atoms with Gasteiger partial charge in [0.2, 0.25) is 11.8 Å². The van der Waals surface area contributed by atoms with E-state index in [0.717, 1.165) is 25.9 Å². The molecule has 10 heteroatoms. The van der Waals surface area contributed by atoms with Gasteiger partial charge in [-0.1, -0.05) is 17.3 Å². The monoisotopic (exact) mass is 429 g/mol. The normalized spacial score (nSPS) is 19.4. The van der Waals surface area contributed by atoms with E-state index in [-0.39, 0.29) is 24.3 Å². The molecule has 2 amide bonds. The predicted molar refractivity (Wildman–Crippen MR) is 110 cm³/mol. The van der Waals surface area contributed by atoms with Crippen molar-refractivity contribution < 1.29 is 23.6 Å². The summed E-state index contributed by atoms with van der Waals surface area (Å²) in [5.41, 5.74) is 0.592. The van der Waals surface area contributed by atoms with Crippen molar-refractivity contribution in [2.75, 3.05) is 45.2 Å². The minimum atomic E-state index is -0.271. The van der Waals surface area contributed by atoms with Gasteiger partial charge in [-0.05, 0) is 25.0 Å². The molecule has 2 aliphatic heterocycles. The highest BCUT2D eigenvalue weighted by atomic mass is 16.5. The van der Waals surface area contributed by atoms with Gasteiger partial charge in [0.25, 0.3) is 5.91 Å². The minimum absolute atomic E-state index is 0.00518. The van der Waals surface area contributed by atoms with Crippen LogP contribution in [0.25, 0.3) is 0 Å². The second kappa shape index (κ2) is 9.88. The maximum Gasteiger partial charge on any atom is 0.251 e. The van der Waals surface area contributed by atoms with Gasteiger partial charge < -0.3 is 24.2 Å². The molecule has 0 spiro atoms. The van der Waals surface area contributed by atoms with Crippen LogP contribution in [0.1, 0.15) is 24.6 Å². The van der Waals surface area contributed by atoms with Crippen LogP contribution < -0.4 is 10.1 Å². The molecule has 1 aromatic heterocycles. The summed E-state index contributed by atoms with van der Waals surface area (Å²) in [5.74, 6) is 1.21. The molecular formula is C21H27N5O5. The van der Waals surface area contributed by atoms with Crippen molar-refractivity contribution in [3.63, 3.8) is 0 Å². The van der Waals surface area contributed by atoms with Gasteiger partial charge in [0.1, 0.15) is 11.9 Å². The third kappa shape index (κ3) is 5.39. The van der Waals surface area contributed by atoms with Gasteiger partial charge in [0.15, 0.2) is 5.82 Å². The second-order valence-electron chi connectivity index (χ2n) is 7.63. The number of benzene rings is 1. The number of aromatic nitrogens is 2. The van der Waals surface area contributed by atoms with Gasteiger partial charge in [0.05, 0.1) is 25.8 Å². The Hall–Kier alpha value is -2.98. The lowest BCUT2D eigenvalue weighted by molar-refractivity contribution is -0.142. The first kappa shape index (κ1) is 21.3. The van der Waals surface area contributed by atoms with E-state index in [9.17, 15) is 9.59 Å². The number of nitrogens with one attached hydrogen (secondary N) is 1. The minimum Gasteiger partial charge on any atom is -0.495 e. The van der Waals surface area contributed by atoms with E-state index in [4.69, 9.17) is 14.0 Å². The van der Waals surface area contributed by atoms with Gasteiger partial charge in [-0.25, -0.2) is 0 Å². The zero-order valence-corrected chi connectivity index (χ0v) is 17.6. The number of hydrogen-bond acceptors (Lipinski definition) is 8. The van der Waals surface area contributed by atoms with Gasteiger partial charge in [0, 0.05) is 32.8 Å². The highest BCUT2D eigenvalue weighted by Crippen LogP contribution is 2.23. The average molecular weight is 429 g/mol. The SMILES string of the molecule is COc1ccccc1NC(=O)Cc1noc(CN2CCN(C(=O)C3CCCO3)CC2)n1. The molecule has 2 aliphatic rings. The van der Waals surface area contributed by atoms with Crippen LogP contribution in [0.2, 0.25) is 0 Å². The summed E-state index contributed by atoms with van der Waals surface area (Å²) in [5, 5.41) is 6.71. The summed E-state index contributed by atoms with van der Waals surface area (Å²) in [6.45, 7) is 3.92. The Morgan fingerprint density at radius 2 is 2.03 bits per heavy atom. The summed E-state index contributed by atoms with van der Waals surface area (Å²) in [6, 6.07) is 7.19. The average Bonchev–Trinajstić information content (AvgIpc) is 3.47. The molecule has 0 radical (unpaired) electrons. The number of para-hydroxylation sites is 2. The van der Waals surface area contributed by atoms with Crippen molar-refractivity contribution >= 4 is 17.5 Å². The highest BCUT2D eigenvalue weighted by Gasteiger charge is 2.30. The number of hydrogen-bond donors (Lipinski definition) is 1. The fourth-order valence-electron chi connectivity index (χ4n) is 3.81. The quantitative estimate of drug-likeness (QED) is 0.696. The van der Waals surface area contributed by atoms with E-state index < -0.39 is 0 Å². The Balaban J connectivity index is 1.24. The zero-order valence-electron chi connectivity index (χ0n) is 17.6. The van der Waals surface area contributed by atoms with E-state index >= 15 is 0 Å². The van der Waals surface area contributed by atoms with Crippen LogP contribution in [0.5, 0.6) is 5.75 Å². The molecule has 31 heavy (non-hydrogen) atoms. The fraction of sp³-hybridized carbons (Fsp3) is 0.524. The lowest BCUT2D eigenvalue weighted by atomic mass is 10.2. The van der Waals surface area contributed by atoms with Crippen molar-refractivity contribution in [2.45, 2.75) is 31.9 Å². The van der Waals surface area contributed by atoms with E-state index in [1.807, 2.05) is 17.0 Å². The van der Waals surface area contributed by atoms with E-state index in [1.165, 1.54) is 0 Å². The van der Waals surface area contributed by atoms with Gasteiger partial charge in [-0.3, -0.25) is 14.5 Å². The van der Waals surface area contributed by atoms with E-state index in [2.05, 4.69) is 20.4 Å². The van der Waals surface area contributed by atoms with Gasteiger partial charge in [-0.15, -0.1) is 0 Å². The third-order valence-electron chi connectivity index (χ3n) is 5.46. The van der Waals surface area contributed by atoms with Crippen molar-refractivity contribution in [1.82, 2.24) is 19.9 Å². The van der Waals surface area contributed by atoms with Crippen LogP contribution in [-0.2, 0) is 27.3 Å². The van der Waals surface area contributed by atoms with E-state index in [0.29, 0.717) is 49.4 Å². The van der Waals surface area contributed by atoms with Crippen LogP contribution in [0.15, 0.2) is 28.8 Å². The first-order chi connectivity index (χ1) is 15.1. The molecule has 2 saturated heterocycles. The van der Waals surface area contributed by atoms with Crippen LogP contribution in [0.4, 0.5) is 5.69 Å². The Morgan fingerprint density at radius 3 is 2.77 bits per heavy atom. The molecule has 2 fully saturated rings. The molecule has 10 nitrogen and oxygen atoms in total. The van der Waals surface area contributed by atoms with Crippen molar-refractivity contribution in [1.29, 1.82) is 0 Å². The summed E-state index contributed by atoms with van der Waals surface area (Å²) in [6.07, 6.45) is 1.50. The Morgan fingerprint density at radius 1 is 1.23 bits per heavy atom. The number of anilines is 1. The van der Waals surface area contributed by atoms with Crippen LogP contribution in [-0.4, -0.2) is 77.8 Å². The maximum atomic E-state index is 12.4. The lowest BCUT2D eigenvalue weighted by Gasteiger charge is -2.35. The molecule has 0 bridgehead atoms. The zero-order chi connectivity index (χ0) is 21.6. The summed E-state index contributed by atoms with van der Waals surface area (Å²) >= 11 is 0. The molecular weight excluding hydrogens is 402 g/mol. The lowest BCUT2D eigenvalue weighted by Crippen LogP contribution is -2.51. The predicted octanol–water partition coefficient (Wildman–Crippen LogP) is 1.08. The van der Waals surface area contributed by atoms with Crippen molar-refractivity contribution in [2.24, 2.45) is 0 Å². The Labute approximate surface area is 180 Å². The number of carbonyl (C=O) groups excluding carboxylic acids is 2. The summed E-state index contributed by atoms with van der Waals surface area (Å²) in [7, 11) is 1.55. The van der Waals surface area contributed by atoms with Crippen LogP contribution >= 0.6 is 0 Å². The van der Waals surface area contributed by atoms with Crippen LogP contribution in [0, 0.1) is 0 Å². The van der Waals surface area contributed by atoms with Gasteiger partial charge >= 0.3 is 0 Å². The maximum absolute atomic E-state index is 12.4. The number of amides is 2. The molecule has 4 rings (SSSR count). The highest BCUT2D eigenvalue weighted by molar-refractivity contribution is 5.93. The molecule has 166 valence electrons. The second-order valence-corrected chi connectivity index (χ2v) is 7.63. The Bertz CT molecular complexity index is 903. The van der Waals surface area contributed by atoms with Crippen molar-refractivity contribution in [3.05, 3.63) is 36.0 Å². The molecule has 1 atom stereocenters. The van der Waals surface area contributed by atoms with Crippen LogP contribution in [0.3, 0.4) is 0 Å². The molecule has 1 unspecified atom stereocenters. The number of rotatable bonds is 7. The fourth-order valence-corrected chi connectivity index (χ4v) is 3.81. The Kier molecular flexibility index (Phi) is 6.78. The molecule has 0 aliphatic carbocycles. The summed E-state index contributed by atoms with van der Waals surface area (Å²) < 4.78 is 16.0. The molecule has 3 heterocycles. The topological polar surface area (TPSA) is 110 Å². The summed E-state index contributed by atoms with van der Waals surface area (Å²) in [4.78, 5) is 33.1. The third-order valence-corrected chi connectivity index (χ3v) is 5.46. The number of piperazine rings is 1. The molecule has 1 aromatic carbocycles. The van der Waals surface area contributed by atoms with E-state index in [1.54, 1.807) is 19.2 Å². The number of methoxy groups -OCH3 is 1. The number of ether oxygens (including phenoxy) is 2. The smallest absolute Gasteiger partial charge is 0.251 e. The first-order valence-corrected chi connectivity index (χ1v) is 10.5. The van der Waals surface area contributed by atoms with Crippen molar-refractivity contribution in [3.8, 4) is 5.75 Å². The first-order valence-electron chi connectivity index (χ1n) is 10.5. The largest absolute Gasteiger partial charge is 0.495 e. The number of carbonyl (C=O) groups is 2. The molecule has 2 aromatic rings. The number of nitrogens with zero attached hydrogens (tertiary/aromatic N) is 4. The molecule has 1 N–H and O–H groups in total. The molecule has 0 saturated carbocycles.